The van der Waals surface area contributed by atoms with Gasteiger partial charge < -0.3 is 15.8 Å². The minimum absolute atomic E-state index is 0.232. The molecule has 110 valence electrons. The number of nitrogens with zero attached hydrogens (tertiary/aromatic N) is 1. The molecule has 0 aliphatic heterocycles. The molecule has 4 N–H and O–H groups in total. The summed E-state index contributed by atoms with van der Waals surface area (Å²) in [6.45, 7) is 3.90. The molecule has 0 saturated heterocycles. The molecule has 1 unspecified atom stereocenters. The van der Waals surface area contributed by atoms with Gasteiger partial charge in [0.2, 0.25) is 0 Å². The van der Waals surface area contributed by atoms with Crippen molar-refractivity contribution < 1.29 is 10.4 Å². The Bertz CT molecular complexity index is 624. The van der Waals surface area contributed by atoms with Crippen molar-refractivity contribution in [3.05, 3.63) is 52.9 Å². The van der Waals surface area contributed by atoms with Crippen molar-refractivity contribution >= 4 is 34.5 Å². The van der Waals surface area contributed by atoms with E-state index in [2.05, 4.69) is 15.6 Å². The summed E-state index contributed by atoms with van der Waals surface area (Å²) in [6, 6.07) is 10.2. The van der Waals surface area contributed by atoms with Gasteiger partial charge >= 0.3 is 0 Å². The van der Waals surface area contributed by atoms with Gasteiger partial charge in [0.15, 0.2) is 10.8 Å². The highest BCUT2D eigenvalue weighted by atomic mass is 32.1. The molecule has 1 aromatic heterocycles. The first-order valence-electron chi connectivity index (χ1n) is 6.31. The van der Waals surface area contributed by atoms with E-state index < -0.39 is 5.23 Å². The van der Waals surface area contributed by atoms with Crippen LogP contribution in [0.15, 0.2) is 36.4 Å². The molecule has 1 aromatic carbocycles. The molecule has 2 aromatic rings. The number of nitrogens with one attached hydrogen (secondary N) is 3. The molecule has 21 heavy (non-hydrogen) atoms. The van der Waals surface area contributed by atoms with Crippen LogP contribution in [0.3, 0.4) is 0 Å². The number of thiocarbonyl (C=S) groups is 1. The van der Waals surface area contributed by atoms with E-state index in [1.807, 2.05) is 26.0 Å². The van der Waals surface area contributed by atoms with E-state index >= 15 is 0 Å². The van der Waals surface area contributed by atoms with E-state index in [-0.39, 0.29) is 5.69 Å². The third kappa shape index (κ3) is 4.47. The molecule has 0 aliphatic rings. The van der Waals surface area contributed by atoms with Gasteiger partial charge in [0.05, 0.1) is 0 Å². The zero-order chi connectivity index (χ0) is 15.4. The Morgan fingerprint density at radius 1 is 1.19 bits per heavy atom. The molecular weight excluding hydrogens is 288 g/mol. The van der Waals surface area contributed by atoms with Gasteiger partial charge in [-0.15, -0.1) is 0 Å². The van der Waals surface area contributed by atoms with Crippen molar-refractivity contribution in [2.24, 2.45) is 0 Å². The maximum Gasteiger partial charge on any atom is 0.176 e. The molecule has 7 heteroatoms. The Morgan fingerprint density at radius 3 is 2.43 bits per heavy atom. The Balaban J connectivity index is 2.01. The largest absolute Gasteiger partial charge is 0.595 e. The number of anilines is 2. The quantitative estimate of drug-likeness (QED) is 0.512. The van der Waals surface area contributed by atoms with E-state index in [0.717, 1.165) is 11.3 Å². The topological polar surface area (TPSA) is 84.7 Å². The molecule has 0 fully saturated rings. The second-order valence-corrected chi connectivity index (χ2v) is 5.04. The molecule has 2 rings (SSSR count). The lowest BCUT2D eigenvalue weighted by atomic mass is 10.2. The molecule has 0 spiro atoms. The zero-order valence-electron chi connectivity index (χ0n) is 11.7. The van der Waals surface area contributed by atoms with Gasteiger partial charge in [-0.3, -0.25) is 0 Å². The molecule has 1 atom stereocenters. The summed E-state index contributed by atoms with van der Waals surface area (Å²) in [5.41, 5.74) is 2.95. The maximum atomic E-state index is 10.8. The second-order valence-electron chi connectivity index (χ2n) is 4.63. The maximum absolute atomic E-state index is 10.8. The lowest BCUT2D eigenvalue weighted by Crippen LogP contribution is -2.99. The second kappa shape index (κ2) is 6.59. The molecule has 0 aliphatic carbocycles. The lowest BCUT2D eigenvalue weighted by Gasteiger charge is -2.13. The van der Waals surface area contributed by atoms with Crippen molar-refractivity contribution in [2.45, 2.75) is 13.8 Å². The Labute approximate surface area is 128 Å². The number of pyridine rings is 1. The van der Waals surface area contributed by atoms with Crippen LogP contribution in [-0.4, -0.2) is 15.3 Å². The predicted molar refractivity (Wildman–Crippen MR) is 85.8 cm³/mol. The SMILES string of the molecule is Cc1cc(C)nc(NC(=S)Nc2ccc([NH+]([O-])O)cc2)c1. The van der Waals surface area contributed by atoms with Crippen molar-refractivity contribution in [2.75, 3.05) is 10.6 Å². The highest BCUT2D eigenvalue weighted by molar-refractivity contribution is 7.80. The van der Waals surface area contributed by atoms with Crippen LogP contribution in [0, 0.1) is 19.1 Å². The average molecular weight is 304 g/mol. The number of hydrogen-bond acceptors (Lipinski definition) is 4. The number of aromatic nitrogens is 1. The van der Waals surface area contributed by atoms with E-state index in [9.17, 15) is 5.21 Å². The van der Waals surface area contributed by atoms with Gasteiger partial charge in [0, 0.05) is 23.5 Å². The van der Waals surface area contributed by atoms with Gasteiger partial charge in [-0.2, -0.15) is 5.23 Å². The summed E-state index contributed by atoms with van der Waals surface area (Å²) in [7, 11) is 0. The minimum Gasteiger partial charge on any atom is -0.595 e. The van der Waals surface area contributed by atoms with Crippen LogP contribution in [0.25, 0.3) is 0 Å². The van der Waals surface area contributed by atoms with Gasteiger partial charge in [0.1, 0.15) is 5.82 Å². The van der Waals surface area contributed by atoms with E-state index in [1.165, 1.54) is 12.1 Å². The molecule has 0 radical (unpaired) electrons. The summed E-state index contributed by atoms with van der Waals surface area (Å²) < 4.78 is 0. The smallest absolute Gasteiger partial charge is 0.176 e. The summed E-state index contributed by atoms with van der Waals surface area (Å²) in [4.78, 5) is 4.34. The van der Waals surface area contributed by atoms with Gasteiger partial charge in [-0.1, -0.05) is 0 Å². The van der Waals surface area contributed by atoms with Crippen molar-refractivity contribution in [3.63, 3.8) is 0 Å². The van der Waals surface area contributed by atoms with Crippen molar-refractivity contribution in [1.82, 2.24) is 4.98 Å². The van der Waals surface area contributed by atoms with Crippen LogP contribution in [0.1, 0.15) is 11.3 Å². The standard InChI is InChI=1S/C14H16N4O2S/c1-9-7-10(2)15-13(8-9)17-14(21)16-11-3-5-12(6-4-11)18(19)20/h3-8,18-19H,1-2H3,(H2,15,16,17,21). The van der Waals surface area contributed by atoms with Crippen LogP contribution < -0.4 is 15.9 Å². The number of hydrogen-bond donors (Lipinski definition) is 4. The minimum atomic E-state index is -0.957. The number of aryl methyl sites for hydroxylation is 2. The van der Waals surface area contributed by atoms with Crippen LogP contribution in [0.4, 0.5) is 17.2 Å². The highest BCUT2D eigenvalue weighted by Gasteiger charge is 2.03. The third-order valence-electron chi connectivity index (χ3n) is 2.73. The first-order valence-corrected chi connectivity index (χ1v) is 6.71. The van der Waals surface area contributed by atoms with E-state index in [4.69, 9.17) is 17.4 Å². The Kier molecular flexibility index (Phi) is 4.81. The summed E-state index contributed by atoms with van der Waals surface area (Å²) in [6.07, 6.45) is 0. The average Bonchev–Trinajstić information content (AvgIpc) is 2.37. The number of quaternary nitrogens is 1. The highest BCUT2D eigenvalue weighted by Crippen LogP contribution is 2.12. The summed E-state index contributed by atoms with van der Waals surface area (Å²) >= 11 is 5.21. The Morgan fingerprint density at radius 2 is 1.86 bits per heavy atom. The van der Waals surface area contributed by atoms with Gasteiger partial charge in [0.25, 0.3) is 0 Å². The summed E-state index contributed by atoms with van der Waals surface area (Å²) in [5, 5.41) is 25.0. The fourth-order valence-electron chi connectivity index (χ4n) is 1.88. The molecule has 0 amide bonds. The van der Waals surface area contributed by atoms with Crippen molar-refractivity contribution in [3.8, 4) is 0 Å². The molecular formula is C14H16N4O2S. The van der Waals surface area contributed by atoms with E-state index in [0.29, 0.717) is 16.6 Å². The number of benzene rings is 1. The normalized spacial score (nSPS) is 11.8. The zero-order valence-corrected chi connectivity index (χ0v) is 12.5. The third-order valence-corrected chi connectivity index (χ3v) is 2.93. The monoisotopic (exact) mass is 304 g/mol. The summed E-state index contributed by atoms with van der Waals surface area (Å²) in [5.74, 6) is 0.673. The number of rotatable bonds is 3. The Hall–Kier alpha value is -2.06. The molecule has 0 bridgehead atoms. The molecule has 6 nitrogen and oxygen atoms in total. The lowest BCUT2D eigenvalue weighted by molar-refractivity contribution is -0.991. The first kappa shape index (κ1) is 15.3. The van der Waals surface area contributed by atoms with Crippen LogP contribution >= 0.6 is 12.2 Å². The van der Waals surface area contributed by atoms with Crippen LogP contribution in [0.2, 0.25) is 0 Å². The molecule has 1 heterocycles. The van der Waals surface area contributed by atoms with Gasteiger partial charge in [-0.25, -0.2) is 10.2 Å². The fraction of sp³-hybridized carbons (Fsp3) is 0.143. The van der Waals surface area contributed by atoms with Gasteiger partial charge in [-0.05, 0) is 55.9 Å². The first-order chi connectivity index (χ1) is 9.94. The van der Waals surface area contributed by atoms with E-state index in [1.54, 1.807) is 12.1 Å². The molecule has 0 saturated carbocycles. The fourth-order valence-corrected chi connectivity index (χ4v) is 2.10. The predicted octanol–water partition coefficient (Wildman–Crippen LogP) is 1.91. The van der Waals surface area contributed by atoms with Crippen LogP contribution in [0.5, 0.6) is 0 Å². The van der Waals surface area contributed by atoms with Crippen LogP contribution in [-0.2, 0) is 0 Å². The van der Waals surface area contributed by atoms with Crippen molar-refractivity contribution in [1.29, 1.82) is 0 Å².